The zero-order chi connectivity index (χ0) is 24.3. The summed E-state index contributed by atoms with van der Waals surface area (Å²) < 4.78 is 0. The average molecular weight is 470 g/mol. The number of aryl methyl sites for hydroxylation is 3. The molecule has 3 aromatic rings. The van der Waals surface area contributed by atoms with E-state index in [0.29, 0.717) is 13.2 Å². The van der Waals surface area contributed by atoms with Crippen molar-refractivity contribution in [3.8, 4) is 11.4 Å². The molecule has 2 aliphatic carbocycles. The summed E-state index contributed by atoms with van der Waals surface area (Å²) in [6.45, 7) is 7.00. The fourth-order valence-electron chi connectivity index (χ4n) is 4.31. The van der Waals surface area contributed by atoms with Gasteiger partial charge in [0.05, 0.1) is 11.4 Å². The second-order valence-corrected chi connectivity index (χ2v) is 9.72. The summed E-state index contributed by atoms with van der Waals surface area (Å²) in [5.41, 5.74) is 7.69. The Hall–Kier alpha value is -3.61. The quantitative estimate of drug-likeness (QED) is 0.324. The van der Waals surface area contributed by atoms with Crippen LogP contribution in [0.25, 0.3) is 11.4 Å². The normalized spacial score (nSPS) is 17.7. The first-order chi connectivity index (χ1) is 17.0. The van der Waals surface area contributed by atoms with E-state index in [2.05, 4.69) is 33.3 Å². The second-order valence-electron chi connectivity index (χ2n) is 9.72. The number of oxime groups is 2. The zero-order valence-electron chi connectivity index (χ0n) is 20.6. The van der Waals surface area contributed by atoms with Crippen molar-refractivity contribution in [3.05, 3.63) is 76.9 Å². The molecule has 0 aliphatic heterocycles. The molecule has 0 spiro atoms. The van der Waals surface area contributed by atoms with E-state index in [1.807, 2.05) is 56.4 Å². The zero-order valence-corrected chi connectivity index (χ0v) is 20.6. The van der Waals surface area contributed by atoms with Crippen LogP contribution in [0.5, 0.6) is 0 Å². The van der Waals surface area contributed by atoms with Gasteiger partial charge in [-0.15, -0.1) is 0 Å². The van der Waals surface area contributed by atoms with Crippen molar-refractivity contribution in [2.24, 2.45) is 15.7 Å². The summed E-state index contributed by atoms with van der Waals surface area (Å²) in [5, 5.41) is 8.83. The van der Waals surface area contributed by atoms with Crippen LogP contribution in [0.4, 0.5) is 0 Å². The number of rotatable bonds is 8. The van der Waals surface area contributed by atoms with Crippen molar-refractivity contribution in [2.45, 2.75) is 52.9 Å². The molecule has 2 aromatic heterocycles. The molecule has 7 heteroatoms. The van der Waals surface area contributed by atoms with E-state index in [1.165, 1.54) is 5.56 Å². The monoisotopic (exact) mass is 469 g/mol. The third-order valence-electron chi connectivity index (χ3n) is 6.57. The highest BCUT2D eigenvalue weighted by molar-refractivity contribution is 6.01. The summed E-state index contributed by atoms with van der Waals surface area (Å²) in [6, 6.07) is 14.1. The number of fused-ring (bicyclic) bond motifs is 1. The molecule has 1 aromatic carbocycles. The molecule has 7 nitrogen and oxygen atoms in total. The van der Waals surface area contributed by atoms with E-state index < -0.39 is 0 Å². The molecule has 0 bridgehead atoms. The van der Waals surface area contributed by atoms with Crippen LogP contribution in [0.1, 0.15) is 60.8 Å². The second kappa shape index (κ2) is 9.94. The summed E-state index contributed by atoms with van der Waals surface area (Å²) in [7, 11) is 0. The van der Waals surface area contributed by atoms with Crippen LogP contribution in [0.3, 0.4) is 0 Å². The highest BCUT2D eigenvalue weighted by atomic mass is 16.6. The van der Waals surface area contributed by atoms with Crippen molar-refractivity contribution in [1.82, 2.24) is 15.0 Å². The number of nitrogens with zero attached hydrogens (tertiary/aromatic N) is 5. The Morgan fingerprint density at radius 1 is 1.00 bits per heavy atom. The molecular weight excluding hydrogens is 438 g/mol. The van der Waals surface area contributed by atoms with E-state index in [4.69, 9.17) is 14.7 Å². The van der Waals surface area contributed by atoms with Gasteiger partial charge in [0.2, 0.25) is 0 Å². The van der Waals surface area contributed by atoms with Gasteiger partial charge in [0.15, 0.2) is 5.82 Å². The van der Waals surface area contributed by atoms with Crippen molar-refractivity contribution >= 4 is 11.4 Å². The van der Waals surface area contributed by atoms with Crippen molar-refractivity contribution in [2.75, 3.05) is 13.2 Å². The summed E-state index contributed by atoms with van der Waals surface area (Å²) >= 11 is 0. The Morgan fingerprint density at radius 3 is 2.57 bits per heavy atom. The summed E-state index contributed by atoms with van der Waals surface area (Å²) in [5.74, 6) is 0.720. The Morgan fingerprint density at radius 2 is 1.80 bits per heavy atom. The molecule has 0 N–H and O–H groups in total. The lowest BCUT2D eigenvalue weighted by molar-refractivity contribution is 0.0318. The van der Waals surface area contributed by atoms with Gasteiger partial charge >= 0.3 is 0 Å². The molecule has 0 atom stereocenters. The maximum atomic E-state index is 5.86. The maximum Gasteiger partial charge on any atom is 0.159 e. The molecule has 0 saturated heterocycles. The van der Waals surface area contributed by atoms with Crippen LogP contribution in [0.15, 0.2) is 59.0 Å². The number of benzene rings is 1. The molecule has 2 aliphatic rings. The molecule has 0 radical (unpaired) electrons. The standard InChI is InChI=1S/C28H31N5O2/c1-19-14-20(2)30-25(15-19)21(3)32-34-17-28(12-13-28)18-35-33-24-11-7-10-23-16-29-27(31-26(23)24)22-8-5-4-6-9-22/h4-6,8-9,14-16H,7,10-13,17-18H2,1-3H3/b32-21+,33-24+. The van der Waals surface area contributed by atoms with Gasteiger partial charge in [0, 0.05) is 22.9 Å². The molecule has 0 amide bonds. The van der Waals surface area contributed by atoms with E-state index in [1.54, 1.807) is 0 Å². The molecule has 180 valence electrons. The maximum absolute atomic E-state index is 5.86. The average Bonchev–Trinajstić information content (AvgIpc) is 3.63. The molecule has 0 unspecified atom stereocenters. The fraction of sp³-hybridized carbons (Fsp3) is 0.393. The minimum atomic E-state index is -0.0256. The first kappa shape index (κ1) is 23.1. The predicted molar refractivity (Wildman–Crippen MR) is 136 cm³/mol. The number of hydrogen-bond acceptors (Lipinski definition) is 7. The van der Waals surface area contributed by atoms with Crippen molar-refractivity contribution < 1.29 is 9.68 Å². The highest BCUT2D eigenvalue weighted by Crippen LogP contribution is 2.46. The first-order valence-electron chi connectivity index (χ1n) is 12.2. The summed E-state index contributed by atoms with van der Waals surface area (Å²) in [6.07, 6.45) is 6.87. The van der Waals surface area contributed by atoms with Crippen LogP contribution in [-0.2, 0) is 16.1 Å². The Balaban J connectivity index is 1.21. The Bertz CT molecular complexity index is 1250. The predicted octanol–water partition coefficient (Wildman–Crippen LogP) is 5.43. The smallest absolute Gasteiger partial charge is 0.159 e. The van der Waals surface area contributed by atoms with E-state index in [0.717, 1.165) is 77.6 Å². The number of hydrogen-bond donors (Lipinski definition) is 0. The Labute approximate surface area is 206 Å². The van der Waals surface area contributed by atoms with Crippen LogP contribution in [0, 0.1) is 19.3 Å². The van der Waals surface area contributed by atoms with Crippen molar-refractivity contribution in [3.63, 3.8) is 0 Å². The van der Waals surface area contributed by atoms with Gasteiger partial charge in [0.1, 0.15) is 24.6 Å². The lowest BCUT2D eigenvalue weighted by Crippen LogP contribution is -2.19. The van der Waals surface area contributed by atoms with Crippen LogP contribution in [-0.4, -0.2) is 39.6 Å². The first-order valence-corrected chi connectivity index (χ1v) is 12.2. The largest absolute Gasteiger partial charge is 0.395 e. The van der Waals surface area contributed by atoms with Gasteiger partial charge in [-0.3, -0.25) is 4.98 Å². The molecular formula is C28H31N5O2. The van der Waals surface area contributed by atoms with Crippen LogP contribution < -0.4 is 0 Å². The van der Waals surface area contributed by atoms with Crippen LogP contribution in [0.2, 0.25) is 0 Å². The van der Waals surface area contributed by atoms with Gasteiger partial charge in [-0.05, 0) is 76.1 Å². The third kappa shape index (κ3) is 5.56. The summed E-state index contributed by atoms with van der Waals surface area (Å²) in [4.78, 5) is 25.5. The number of aromatic nitrogens is 3. The van der Waals surface area contributed by atoms with E-state index in [9.17, 15) is 0 Å². The van der Waals surface area contributed by atoms with Crippen molar-refractivity contribution in [1.29, 1.82) is 0 Å². The molecule has 1 saturated carbocycles. The minimum Gasteiger partial charge on any atom is -0.395 e. The SMILES string of the molecule is C/C(=N\OCC1(CO/N=C2\CCCc3cnc(-c4ccccc4)nc32)CC1)c1cc(C)cc(C)n1. The van der Waals surface area contributed by atoms with Gasteiger partial charge in [-0.1, -0.05) is 40.6 Å². The molecule has 5 rings (SSSR count). The molecule has 35 heavy (non-hydrogen) atoms. The van der Waals surface area contributed by atoms with Gasteiger partial charge in [-0.2, -0.15) is 0 Å². The Kier molecular flexibility index (Phi) is 6.57. The van der Waals surface area contributed by atoms with Gasteiger partial charge in [-0.25, -0.2) is 9.97 Å². The van der Waals surface area contributed by atoms with E-state index >= 15 is 0 Å². The topological polar surface area (TPSA) is 81.9 Å². The minimum absolute atomic E-state index is 0.0256. The lowest BCUT2D eigenvalue weighted by Gasteiger charge is -2.18. The van der Waals surface area contributed by atoms with Crippen LogP contribution >= 0.6 is 0 Å². The molecule has 2 heterocycles. The lowest BCUT2D eigenvalue weighted by atomic mass is 9.95. The fourth-order valence-corrected chi connectivity index (χ4v) is 4.31. The molecule has 1 fully saturated rings. The van der Waals surface area contributed by atoms with E-state index in [-0.39, 0.29) is 5.41 Å². The van der Waals surface area contributed by atoms with Gasteiger partial charge in [0.25, 0.3) is 0 Å². The third-order valence-corrected chi connectivity index (χ3v) is 6.57. The van der Waals surface area contributed by atoms with Gasteiger partial charge < -0.3 is 9.68 Å². The number of pyridine rings is 1. The highest BCUT2D eigenvalue weighted by Gasteiger charge is 2.45.